The van der Waals surface area contributed by atoms with E-state index in [9.17, 15) is 57.5 Å². The average molecular weight is 705 g/mol. The summed E-state index contributed by atoms with van der Waals surface area (Å²) in [6.07, 6.45) is -14.3. The third-order valence-corrected chi connectivity index (χ3v) is 13.5. The molecule has 3 aliphatic heterocycles. The summed E-state index contributed by atoms with van der Waals surface area (Å²) in [5.41, 5.74) is -10.6. The Bertz CT molecular complexity index is 1740. The first kappa shape index (κ1) is 34.3. The van der Waals surface area contributed by atoms with Crippen LogP contribution in [0, 0.1) is 5.82 Å². The minimum absolute atomic E-state index is 0.137. The minimum Gasteiger partial charge on any atom is -0.380 e. The summed E-state index contributed by atoms with van der Waals surface area (Å²) in [7, 11) is -8.32. The molecule has 8 nitrogen and oxygen atoms in total. The Morgan fingerprint density at radius 3 is 2.04 bits per heavy atom. The molecule has 0 saturated carbocycles. The molecule has 0 spiro atoms. The van der Waals surface area contributed by atoms with Crippen LogP contribution in [0.2, 0.25) is 0 Å². The van der Waals surface area contributed by atoms with Gasteiger partial charge in [0.25, 0.3) is 5.91 Å². The molecule has 2 aromatic rings. The van der Waals surface area contributed by atoms with Gasteiger partial charge >= 0.3 is 18.0 Å². The van der Waals surface area contributed by atoms with Crippen molar-refractivity contribution in [1.29, 1.82) is 0 Å². The van der Waals surface area contributed by atoms with Gasteiger partial charge in [0.1, 0.15) is 16.2 Å². The Morgan fingerprint density at radius 1 is 0.957 bits per heavy atom. The molecule has 5 rings (SSSR count). The molecular weight excluding hydrogens is 676 g/mol. The first-order valence-electron chi connectivity index (χ1n) is 14.0. The summed E-state index contributed by atoms with van der Waals surface area (Å²) in [6, 6.07) is 3.28. The van der Waals surface area contributed by atoms with Gasteiger partial charge in [0, 0.05) is 30.9 Å². The van der Waals surface area contributed by atoms with E-state index in [0.717, 1.165) is 29.2 Å². The number of halogens is 8. The number of aliphatic hydroxyl groups is 1. The summed E-state index contributed by atoms with van der Waals surface area (Å²) in [4.78, 5) is 15.6. The van der Waals surface area contributed by atoms with E-state index in [1.807, 2.05) is 0 Å². The maximum absolute atomic E-state index is 15.2. The van der Waals surface area contributed by atoms with E-state index in [-0.39, 0.29) is 24.7 Å². The van der Waals surface area contributed by atoms with Crippen molar-refractivity contribution in [2.45, 2.75) is 65.5 Å². The molecule has 2 saturated heterocycles. The van der Waals surface area contributed by atoms with Crippen molar-refractivity contribution in [3.63, 3.8) is 0 Å². The lowest BCUT2D eigenvalue weighted by molar-refractivity contribution is -0.348. The normalized spacial score (nSPS) is 24.8. The smallest absolute Gasteiger partial charge is 0.380 e. The maximum Gasteiger partial charge on any atom is 0.435 e. The lowest BCUT2D eigenvalue weighted by atomic mass is 9.82. The van der Waals surface area contributed by atoms with E-state index in [0.29, 0.717) is 12.1 Å². The second-order valence-electron chi connectivity index (χ2n) is 11.7. The van der Waals surface area contributed by atoms with Gasteiger partial charge in [0.15, 0.2) is 19.7 Å². The highest BCUT2D eigenvalue weighted by atomic mass is 32.2. The largest absolute Gasteiger partial charge is 0.435 e. The highest BCUT2D eigenvalue weighted by Gasteiger charge is 2.74. The van der Waals surface area contributed by atoms with Gasteiger partial charge in [-0.25, -0.2) is 25.6 Å². The number of amides is 1. The highest BCUT2D eigenvalue weighted by molar-refractivity contribution is 7.92. The van der Waals surface area contributed by atoms with Crippen LogP contribution in [0.1, 0.15) is 37.3 Å². The Labute approximate surface area is 258 Å². The molecule has 18 heteroatoms. The summed E-state index contributed by atoms with van der Waals surface area (Å²) in [5.74, 6) is -2.85. The van der Waals surface area contributed by atoms with E-state index in [4.69, 9.17) is 0 Å². The molecule has 0 aromatic heterocycles. The molecule has 254 valence electrons. The number of likely N-dealkylation sites (tertiary alicyclic amines) is 1. The molecule has 2 fully saturated rings. The number of rotatable bonds is 5. The van der Waals surface area contributed by atoms with Crippen molar-refractivity contribution < 1.29 is 61.9 Å². The quantitative estimate of drug-likeness (QED) is 0.368. The minimum atomic E-state index is -6.44. The van der Waals surface area contributed by atoms with Crippen LogP contribution in [-0.4, -0.2) is 87.9 Å². The van der Waals surface area contributed by atoms with E-state index in [2.05, 4.69) is 0 Å². The number of sulfone groups is 2. The third-order valence-electron chi connectivity index (χ3n) is 9.30. The Morgan fingerprint density at radius 2 is 1.52 bits per heavy atom. The fraction of sp³-hybridized carbons (Fsp3) is 0.536. The van der Waals surface area contributed by atoms with Crippen molar-refractivity contribution in [2.75, 3.05) is 36.0 Å². The molecule has 0 bridgehead atoms. The number of carbonyl (C=O) groups excluding carboxylic acids is 1. The zero-order valence-electron chi connectivity index (χ0n) is 24.0. The van der Waals surface area contributed by atoms with Crippen molar-refractivity contribution in [2.24, 2.45) is 0 Å². The van der Waals surface area contributed by atoms with Crippen LogP contribution in [0.3, 0.4) is 0 Å². The van der Waals surface area contributed by atoms with Crippen molar-refractivity contribution in [3.05, 3.63) is 59.4 Å². The number of alkyl halides is 7. The molecular formula is C28H28F8N2O6S2. The number of anilines is 1. The van der Waals surface area contributed by atoms with Crippen molar-refractivity contribution in [3.8, 4) is 0 Å². The fourth-order valence-electron chi connectivity index (χ4n) is 6.76. The molecule has 2 unspecified atom stereocenters. The fourth-order valence-corrected chi connectivity index (χ4v) is 10.6. The molecule has 1 N–H and O–H groups in total. The second-order valence-corrected chi connectivity index (χ2v) is 16.2. The molecule has 3 aliphatic rings. The molecule has 0 aliphatic carbocycles. The first-order chi connectivity index (χ1) is 21.1. The number of carbonyl (C=O) groups is 1. The van der Waals surface area contributed by atoms with Gasteiger partial charge in [-0.1, -0.05) is 12.1 Å². The van der Waals surface area contributed by atoms with Crippen LogP contribution in [0.5, 0.6) is 0 Å². The number of hydrogen-bond acceptors (Lipinski definition) is 7. The van der Waals surface area contributed by atoms with Gasteiger partial charge in [-0.15, -0.1) is 0 Å². The van der Waals surface area contributed by atoms with Gasteiger partial charge in [0.05, 0.1) is 22.4 Å². The van der Waals surface area contributed by atoms with Crippen molar-refractivity contribution >= 4 is 31.3 Å². The Kier molecular flexibility index (Phi) is 8.04. The summed E-state index contributed by atoms with van der Waals surface area (Å²) >= 11 is 0. The lowest BCUT2D eigenvalue weighted by Gasteiger charge is -2.48. The predicted molar refractivity (Wildman–Crippen MR) is 147 cm³/mol. The lowest BCUT2D eigenvalue weighted by Crippen LogP contribution is -2.62. The van der Waals surface area contributed by atoms with Crippen LogP contribution >= 0.6 is 0 Å². The summed E-state index contributed by atoms with van der Waals surface area (Å²) in [5, 5.41) is 11.2. The maximum atomic E-state index is 15.2. The van der Waals surface area contributed by atoms with Gasteiger partial charge in [0.2, 0.25) is 0 Å². The number of benzene rings is 2. The summed E-state index contributed by atoms with van der Waals surface area (Å²) < 4.78 is 162. The van der Waals surface area contributed by atoms with E-state index in [1.54, 1.807) is 0 Å². The van der Waals surface area contributed by atoms with Gasteiger partial charge in [-0.3, -0.25) is 4.79 Å². The highest BCUT2D eigenvalue weighted by Crippen LogP contribution is 2.58. The zero-order chi connectivity index (χ0) is 34.3. The topological polar surface area (TPSA) is 112 Å². The van der Waals surface area contributed by atoms with Crippen LogP contribution in [0.25, 0.3) is 0 Å². The monoisotopic (exact) mass is 704 g/mol. The SMILES string of the molecule is CCN1CC2N(C(=O)C3(O)CCS(=O)(=O)CC3)CCC2(S(=O)(=O)c2ccc(F)cc2)c2ccc(C(F)(C(F)(F)F)C(F)(F)F)cc21. The van der Waals surface area contributed by atoms with Crippen LogP contribution in [0.4, 0.5) is 40.8 Å². The number of fused-ring (bicyclic) bond motifs is 3. The molecule has 0 radical (unpaired) electrons. The second kappa shape index (κ2) is 10.8. The molecule has 46 heavy (non-hydrogen) atoms. The van der Waals surface area contributed by atoms with Gasteiger partial charge in [-0.05, 0) is 62.1 Å². The number of nitrogens with zero attached hydrogens (tertiary/aromatic N) is 2. The van der Waals surface area contributed by atoms with Gasteiger partial charge in [-0.2, -0.15) is 26.3 Å². The first-order valence-corrected chi connectivity index (χ1v) is 17.3. The third kappa shape index (κ3) is 4.96. The van der Waals surface area contributed by atoms with E-state index < -0.39 is 119 Å². The molecule has 3 heterocycles. The zero-order valence-corrected chi connectivity index (χ0v) is 25.6. The Hall–Kier alpha value is -2.99. The summed E-state index contributed by atoms with van der Waals surface area (Å²) in [6.45, 7) is 0.469. The van der Waals surface area contributed by atoms with Crippen molar-refractivity contribution in [1.82, 2.24) is 4.90 Å². The van der Waals surface area contributed by atoms with E-state index >= 15 is 4.39 Å². The van der Waals surface area contributed by atoms with Crippen LogP contribution in [0.15, 0.2) is 47.4 Å². The molecule has 2 aromatic carbocycles. The molecule has 1 amide bonds. The Balaban J connectivity index is 1.73. The standard InChI is InChI=1S/C28H28F8N2O6S2/c1-2-37-16-22-25(46(43,44)19-6-4-18(29)5-7-19,9-12-38(22)23(39)24(40)10-13-45(41,42)14-11-24)20-8-3-17(15-21(20)37)26(30,27(31,32)33)28(34,35)36/h3-8,15,22,40H,2,9-14,16H2,1H3. The molecule has 2 atom stereocenters. The average Bonchev–Trinajstić information content (AvgIpc) is 3.37. The number of likely N-dealkylation sites (N-methyl/N-ethyl adjacent to an activating group) is 1. The predicted octanol–water partition coefficient (Wildman–Crippen LogP) is 4.16. The van der Waals surface area contributed by atoms with E-state index in [1.165, 1.54) is 11.8 Å². The van der Waals surface area contributed by atoms with Crippen LogP contribution < -0.4 is 4.90 Å². The van der Waals surface area contributed by atoms with Crippen LogP contribution in [-0.2, 0) is 34.9 Å². The number of hydrogen-bond donors (Lipinski definition) is 1. The van der Waals surface area contributed by atoms with Gasteiger partial charge < -0.3 is 14.9 Å².